The van der Waals surface area contributed by atoms with E-state index in [0.717, 1.165) is 14.5 Å². The highest BCUT2D eigenvalue weighted by Gasteiger charge is 2.13. The lowest BCUT2D eigenvalue weighted by Crippen LogP contribution is -2.14. The van der Waals surface area contributed by atoms with Crippen LogP contribution in [0.4, 0.5) is 5.95 Å². The van der Waals surface area contributed by atoms with Gasteiger partial charge in [-0.05, 0) is 30.3 Å². The average Bonchev–Trinajstić information content (AvgIpc) is 3.06. The fourth-order valence-electron chi connectivity index (χ4n) is 2.27. The van der Waals surface area contributed by atoms with Crippen molar-refractivity contribution in [2.45, 2.75) is 5.16 Å². The number of nitrogens with zero attached hydrogens (tertiary/aromatic N) is 4. The first-order valence-electron chi connectivity index (χ1n) is 8.22. The Morgan fingerprint density at radius 2 is 1.97 bits per heavy atom. The number of methoxy groups -OCH3 is 1. The van der Waals surface area contributed by atoms with E-state index in [1.807, 2.05) is 30.3 Å². The normalized spacial score (nSPS) is 11.0. The lowest BCUT2D eigenvalue weighted by molar-refractivity contribution is 0.102. The third-order valence-corrected chi connectivity index (χ3v) is 5.69. The molecule has 29 heavy (non-hydrogen) atoms. The maximum atomic E-state index is 12.3. The Kier molecular flexibility index (Phi) is 7.29. The van der Waals surface area contributed by atoms with Crippen molar-refractivity contribution in [1.82, 2.24) is 14.9 Å². The number of ether oxygens (including phenoxy) is 1. The number of rotatable bonds is 8. The lowest BCUT2D eigenvalue weighted by Gasteiger charge is -2.05. The molecule has 0 saturated heterocycles. The van der Waals surface area contributed by atoms with Gasteiger partial charge in [0, 0.05) is 20.1 Å². The van der Waals surface area contributed by atoms with Crippen molar-refractivity contribution in [3.63, 3.8) is 0 Å². The molecule has 0 atom stereocenters. The van der Waals surface area contributed by atoms with Crippen LogP contribution in [0.5, 0.6) is 5.75 Å². The summed E-state index contributed by atoms with van der Waals surface area (Å²) in [6, 6.07) is 12.7. The van der Waals surface area contributed by atoms with Gasteiger partial charge in [0.25, 0.3) is 5.95 Å². The van der Waals surface area contributed by atoms with Crippen LogP contribution in [-0.2, 0) is 0 Å². The van der Waals surface area contributed by atoms with Gasteiger partial charge in [0.05, 0.1) is 19.1 Å². The maximum absolute atomic E-state index is 12.3. The largest absolute Gasteiger partial charge is 0.496 e. The van der Waals surface area contributed by atoms with E-state index in [1.54, 1.807) is 25.5 Å². The summed E-state index contributed by atoms with van der Waals surface area (Å²) in [7, 11) is 1.59. The maximum Gasteiger partial charge on any atom is 0.264 e. The number of ketones is 1. The van der Waals surface area contributed by atoms with E-state index >= 15 is 0 Å². The molecule has 0 amide bonds. The Bertz CT molecular complexity index is 1040. The second kappa shape index (κ2) is 9.90. The van der Waals surface area contributed by atoms with E-state index in [0.29, 0.717) is 16.5 Å². The molecule has 0 saturated carbocycles. The molecule has 3 aromatic rings. The van der Waals surface area contributed by atoms with Gasteiger partial charge in [-0.25, -0.2) is 10.1 Å². The predicted molar refractivity (Wildman–Crippen MR) is 121 cm³/mol. The monoisotopic (exact) mass is 538 g/mol. The first-order valence-corrected chi connectivity index (χ1v) is 10.8. The minimum Gasteiger partial charge on any atom is -0.496 e. The quantitative estimate of drug-likeness (QED) is 0.147. The highest BCUT2D eigenvalue weighted by molar-refractivity contribution is 9.10. The molecule has 3 rings (SSSR count). The number of benzene rings is 2. The van der Waals surface area contributed by atoms with Crippen LogP contribution in [-0.4, -0.2) is 39.7 Å². The summed E-state index contributed by atoms with van der Waals surface area (Å²) < 4.78 is 8.35. The third kappa shape index (κ3) is 5.58. The Morgan fingerprint density at radius 3 is 2.69 bits per heavy atom. The number of nitrogen functional groups attached to an aromatic ring is 1. The van der Waals surface area contributed by atoms with Crippen molar-refractivity contribution in [3.8, 4) is 5.75 Å². The molecule has 0 spiro atoms. The zero-order chi connectivity index (χ0) is 20.8. The number of thioether (sulfide) groups is 1. The molecule has 0 radical (unpaired) electrons. The van der Waals surface area contributed by atoms with E-state index in [1.165, 1.54) is 16.4 Å². The molecule has 0 aliphatic heterocycles. The number of hydrogen-bond donors (Lipinski definition) is 2. The number of aromatic nitrogens is 3. The zero-order valence-corrected chi connectivity index (χ0v) is 19.2. The van der Waals surface area contributed by atoms with Crippen LogP contribution < -0.4 is 16.0 Å². The number of halogens is 2. The van der Waals surface area contributed by atoms with Gasteiger partial charge in [0.1, 0.15) is 5.75 Å². The summed E-state index contributed by atoms with van der Waals surface area (Å²) in [6.45, 7) is 0. The van der Waals surface area contributed by atoms with Crippen LogP contribution in [0.25, 0.3) is 0 Å². The van der Waals surface area contributed by atoms with Crippen LogP contribution in [0.1, 0.15) is 15.9 Å². The molecule has 3 N–H and O–H groups in total. The summed E-state index contributed by atoms with van der Waals surface area (Å²) in [5.74, 6) is 7.08. The topological polar surface area (TPSA) is 107 Å². The number of nitrogens with two attached hydrogens (primary N) is 1. The summed E-state index contributed by atoms with van der Waals surface area (Å²) in [6.07, 6.45) is 1.59. The Labute approximate surface area is 188 Å². The molecule has 1 aromatic heterocycles. The van der Waals surface area contributed by atoms with E-state index in [4.69, 9.17) is 10.6 Å². The van der Waals surface area contributed by atoms with Crippen LogP contribution in [0.2, 0.25) is 0 Å². The predicted octanol–water partition coefficient (Wildman–Crippen LogP) is 3.95. The Hall–Kier alpha value is -2.37. The van der Waals surface area contributed by atoms with Crippen LogP contribution in [0.3, 0.4) is 0 Å². The highest BCUT2D eigenvalue weighted by atomic mass is 79.9. The number of Topliss-reactive ketones (excluding diaryl/α,β-unsaturated/α-hetero) is 1. The van der Waals surface area contributed by atoms with Gasteiger partial charge in [0.15, 0.2) is 5.78 Å². The number of nitrogens with one attached hydrogen (secondary N) is 1. The molecule has 1 heterocycles. The summed E-state index contributed by atoms with van der Waals surface area (Å²) in [5, 5.41) is 12.5. The number of carbonyl (C=O) groups excluding carboxylic acids is 1. The second-order valence-corrected chi connectivity index (χ2v) is 8.43. The molecule has 0 fully saturated rings. The molecular weight excluding hydrogens is 524 g/mol. The minimum atomic E-state index is -0.0280. The minimum absolute atomic E-state index is 0.0280. The van der Waals surface area contributed by atoms with Gasteiger partial charge in [-0.2, -0.15) is 5.10 Å². The zero-order valence-electron chi connectivity index (χ0n) is 15.2. The van der Waals surface area contributed by atoms with Crippen LogP contribution in [0, 0.1) is 0 Å². The van der Waals surface area contributed by atoms with Gasteiger partial charge < -0.3 is 10.6 Å². The SMILES string of the molecule is COc1ccc(Br)cc1/C=N/Nc1nnc(SCC(=O)c2ccc(Br)cc2)n1N. The summed E-state index contributed by atoms with van der Waals surface area (Å²) >= 11 is 7.95. The smallest absolute Gasteiger partial charge is 0.264 e. The number of anilines is 1. The average molecular weight is 540 g/mol. The highest BCUT2D eigenvalue weighted by Crippen LogP contribution is 2.22. The van der Waals surface area contributed by atoms with Gasteiger partial charge in [0.2, 0.25) is 5.16 Å². The Morgan fingerprint density at radius 1 is 1.24 bits per heavy atom. The van der Waals surface area contributed by atoms with Gasteiger partial charge in [-0.1, -0.05) is 55.8 Å². The van der Waals surface area contributed by atoms with E-state index < -0.39 is 0 Å². The summed E-state index contributed by atoms with van der Waals surface area (Å²) in [5.41, 5.74) is 4.13. The summed E-state index contributed by atoms with van der Waals surface area (Å²) in [4.78, 5) is 12.3. The van der Waals surface area contributed by atoms with E-state index in [9.17, 15) is 4.79 Å². The van der Waals surface area contributed by atoms with E-state index in [-0.39, 0.29) is 17.5 Å². The van der Waals surface area contributed by atoms with Crippen LogP contribution >= 0.6 is 43.6 Å². The van der Waals surface area contributed by atoms with Gasteiger partial charge >= 0.3 is 0 Å². The second-order valence-electron chi connectivity index (χ2n) is 5.65. The van der Waals surface area contributed by atoms with Crippen molar-refractivity contribution < 1.29 is 9.53 Å². The van der Waals surface area contributed by atoms with Crippen LogP contribution in [0.15, 0.2) is 61.7 Å². The van der Waals surface area contributed by atoms with Crippen molar-refractivity contribution in [2.24, 2.45) is 5.10 Å². The van der Waals surface area contributed by atoms with Gasteiger partial charge in [-0.15, -0.1) is 10.2 Å². The Balaban J connectivity index is 1.61. The number of hydrogen-bond acceptors (Lipinski definition) is 8. The number of hydrazone groups is 1. The molecular formula is C18H16Br2N6O2S. The molecule has 0 bridgehead atoms. The third-order valence-electron chi connectivity index (χ3n) is 3.72. The molecule has 0 aliphatic rings. The molecule has 11 heteroatoms. The van der Waals surface area contributed by atoms with Crippen molar-refractivity contribution in [2.75, 3.05) is 24.1 Å². The molecule has 2 aromatic carbocycles. The van der Waals surface area contributed by atoms with Crippen molar-refractivity contribution in [1.29, 1.82) is 0 Å². The van der Waals surface area contributed by atoms with E-state index in [2.05, 4.69) is 52.6 Å². The first-order chi connectivity index (χ1) is 14.0. The van der Waals surface area contributed by atoms with Crippen molar-refractivity contribution >= 4 is 61.6 Å². The van der Waals surface area contributed by atoms with Crippen molar-refractivity contribution in [3.05, 3.63) is 62.5 Å². The molecule has 150 valence electrons. The fourth-order valence-corrected chi connectivity index (χ4v) is 3.66. The standard InChI is InChI=1S/C18H16Br2N6O2S/c1-28-16-7-6-14(20)8-12(16)9-22-23-17-24-25-18(26(17)21)29-10-15(27)11-2-4-13(19)5-3-11/h2-9H,10,21H2,1H3,(H,23,24)/b22-9+. The van der Waals surface area contributed by atoms with Gasteiger partial charge in [-0.3, -0.25) is 4.79 Å². The first kappa shape index (κ1) is 21.3. The molecule has 0 aliphatic carbocycles. The molecule has 8 nitrogen and oxygen atoms in total. The fraction of sp³-hybridized carbons (Fsp3) is 0.111. The molecule has 0 unspecified atom stereocenters. The number of carbonyl (C=O) groups is 1. The lowest BCUT2D eigenvalue weighted by atomic mass is 10.2.